The molecular weight excluding hydrogens is 364 g/mol. The number of benzene rings is 2. The van der Waals surface area contributed by atoms with Crippen molar-refractivity contribution >= 4 is 11.8 Å². The Kier molecular flexibility index (Phi) is 9.22. The van der Waals surface area contributed by atoms with Crippen LogP contribution in [0.2, 0.25) is 0 Å². The van der Waals surface area contributed by atoms with Crippen LogP contribution in [0.15, 0.2) is 54.6 Å². The summed E-state index contributed by atoms with van der Waals surface area (Å²) in [7, 11) is 1.62. The molecule has 5 nitrogen and oxygen atoms in total. The maximum absolute atomic E-state index is 13.1. The Morgan fingerprint density at radius 2 is 1.69 bits per heavy atom. The van der Waals surface area contributed by atoms with E-state index in [1.54, 1.807) is 12.0 Å². The summed E-state index contributed by atoms with van der Waals surface area (Å²) in [6, 6.07) is 16.4. The Bertz CT molecular complexity index is 759. The number of ether oxygens (including phenoxy) is 1. The van der Waals surface area contributed by atoms with Crippen LogP contribution < -0.4 is 10.1 Å². The number of hydrogen-bond donors (Lipinski definition) is 1. The lowest BCUT2D eigenvalue weighted by Gasteiger charge is -2.31. The second kappa shape index (κ2) is 11.9. The van der Waals surface area contributed by atoms with Gasteiger partial charge in [-0.2, -0.15) is 0 Å². The predicted molar refractivity (Wildman–Crippen MR) is 116 cm³/mol. The summed E-state index contributed by atoms with van der Waals surface area (Å²) >= 11 is 0. The highest BCUT2D eigenvalue weighted by Crippen LogP contribution is 2.25. The molecule has 0 radical (unpaired) electrons. The van der Waals surface area contributed by atoms with Crippen LogP contribution in [-0.4, -0.2) is 30.4 Å². The molecule has 0 aliphatic heterocycles. The van der Waals surface area contributed by atoms with Gasteiger partial charge in [-0.25, -0.2) is 0 Å². The van der Waals surface area contributed by atoms with E-state index in [1.807, 2.05) is 61.5 Å². The largest absolute Gasteiger partial charge is 0.497 e. The number of methoxy groups -OCH3 is 1. The van der Waals surface area contributed by atoms with E-state index in [9.17, 15) is 9.59 Å². The van der Waals surface area contributed by atoms with Crippen LogP contribution in [-0.2, 0) is 16.1 Å². The van der Waals surface area contributed by atoms with Crippen LogP contribution in [0.1, 0.15) is 56.7 Å². The fourth-order valence-electron chi connectivity index (χ4n) is 3.25. The SMILES string of the molecule is CCCCCNC(=O)[C@H](c1ccccc1)N(Cc1ccc(OC)cc1)C(=O)CC. The Hall–Kier alpha value is -2.82. The first-order valence-corrected chi connectivity index (χ1v) is 10.4. The number of carbonyl (C=O) groups is 2. The number of amides is 2. The minimum absolute atomic E-state index is 0.0571. The number of hydrogen-bond acceptors (Lipinski definition) is 3. The van der Waals surface area contributed by atoms with Gasteiger partial charge < -0.3 is 15.0 Å². The minimum Gasteiger partial charge on any atom is -0.497 e. The summed E-state index contributed by atoms with van der Waals surface area (Å²) in [6.45, 7) is 4.93. The van der Waals surface area contributed by atoms with Crippen molar-refractivity contribution in [2.24, 2.45) is 0 Å². The molecule has 0 spiro atoms. The molecule has 0 saturated carbocycles. The summed E-state index contributed by atoms with van der Waals surface area (Å²) in [4.78, 5) is 27.7. The van der Waals surface area contributed by atoms with Crippen LogP contribution in [0.25, 0.3) is 0 Å². The van der Waals surface area contributed by atoms with E-state index in [2.05, 4.69) is 12.2 Å². The average Bonchev–Trinajstić information content (AvgIpc) is 2.77. The molecule has 0 bridgehead atoms. The molecule has 0 aromatic heterocycles. The maximum Gasteiger partial charge on any atom is 0.247 e. The van der Waals surface area contributed by atoms with Gasteiger partial charge in [0.2, 0.25) is 11.8 Å². The molecule has 5 heteroatoms. The second-order valence-corrected chi connectivity index (χ2v) is 7.03. The highest BCUT2D eigenvalue weighted by atomic mass is 16.5. The Labute approximate surface area is 174 Å². The van der Waals surface area contributed by atoms with Crippen LogP contribution in [0.5, 0.6) is 5.75 Å². The third-order valence-corrected chi connectivity index (χ3v) is 4.89. The number of nitrogens with zero attached hydrogens (tertiary/aromatic N) is 1. The third-order valence-electron chi connectivity index (χ3n) is 4.89. The first-order chi connectivity index (χ1) is 14.1. The smallest absolute Gasteiger partial charge is 0.247 e. The zero-order valence-corrected chi connectivity index (χ0v) is 17.7. The van der Waals surface area contributed by atoms with Crippen LogP contribution in [0.3, 0.4) is 0 Å². The van der Waals surface area contributed by atoms with E-state index < -0.39 is 6.04 Å². The molecule has 29 heavy (non-hydrogen) atoms. The minimum atomic E-state index is -0.660. The molecule has 2 aromatic carbocycles. The lowest BCUT2D eigenvalue weighted by Crippen LogP contribution is -2.43. The standard InChI is InChI=1S/C24H32N2O3/c1-4-6-10-17-25-24(28)23(20-11-8-7-9-12-20)26(22(27)5-2)18-19-13-15-21(29-3)16-14-19/h7-9,11-16,23H,4-6,10,17-18H2,1-3H3,(H,25,28)/t23-/m0/s1. The van der Waals surface area contributed by atoms with Crippen LogP contribution in [0, 0.1) is 0 Å². The van der Waals surface area contributed by atoms with Gasteiger partial charge in [0.15, 0.2) is 0 Å². The van der Waals surface area contributed by atoms with Crippen molar-refractivity contribution in [3.8, 4) is 5.75 Å². The Morgan fingerprint density at radius 3 is 2.28 bits per heavy atom. The summed E-state index contributed by atoms with van der Waals surface area (Å²) in [5.41, 5.74) is 1.77. The first kappa shape index (κ1) is 22.5. The number of unbranched alkanes of at least 4 members (excludes halogenated alkanes) is 2. The zero-order chi connectivity index (χ0) is 21.1. The Balaban J connectivity index is 2.30. The van der Waals surface area contributed by atoms with Crippen LogP contribution >= 0.6 is 0 Å². The summed E-state index contributed by atoms with van der Waals surface area (Å²) in [6.07, 6.45) is 3.43. The van der Waals surface area contributed by atoms with Gasteiger partial charge in [-0.15, -0.1) is 0 Å². The molecule has 0 aliphatic rings. The first-order valence-electron chi connectivity index (χ1n) is 10.4. The van der Waals surface area contributed by atoms with Crippen molar-refractivity contribution in [2.45, 2.75) is 52.1 Å². The Morgan fingerprint density at radius 1 is 1.00 bits per heavy atom. The molecule has 2 rings (SSSR count). The number of nitrogens with one attached hydrogen (secondary N) is 1. The summed E-state index contributed by atoms with van der Waals surface area (Å²) in [5, 5.41) is 3.03. The maximum atomic E-state index is 13.1. The molecule has 0 unspecified atom stereocenters. The summed E-state index contributed by atoms with van der Waals surface area (Å²) in [5.74, 6) is 0.566. The van der Waals surface area contributed by atoms with Crippen molar-refractivity contribution in [3.63, 3.8) is 0 Å². The number of carbonyl (C=O) groups excluding carboxylic acids is 2. The lowest BCUT2D eigenvalue weighted by molar-refractivity contribution is -0.141. The molecule has 1 N–H and O–H groups in total. The van der Waals surface area contributed by atoms with E-state index in [-0.39, 0.29) is 11.8 Å². The van der Waals surface area contributed by atoms with Gasteiger partial charge in [0, 0.05) is 19.5 Å². The van der Waals surface area contributed by atoms with Gasteiger partial charge in [-0.1, -0.05) is 69.2 Å². The van der Waals surface area contributed by atoms with Crippen molar-refractivity contribution < 1.29 is 14.3 Å². The highest BCUT2D eigenvalue weighted by Gasteiger charge is 2.30. The van der Waals surface area contributed by atoms with Crippen molar-refractivity contribution in [3.05, 3.63) is 65.7 Å². The molecular formula is C24H32N2O3. The second-order valence-electron chi connectivity index (χ2n) is 7.03. The van der Waals surface area contributed by atoms with Gasteiger partial charge in [-0.05, 0) is 29.7 Å². The van der Waals surface area contributed by atoms with E-state index >= 15 is 0 Å². The third kappa shape index (κ3) is 6.63. The van der Waals surface area contributed by atoms with Crippen molar-refractivity contribution in [1.29, 1.82) is 0 Å². The number of rotatable bonds is 11. The lowest BCUT2D eigenvalue weighted by atomic mass is 10.0. The van der Waals surface area contributed by atoms with E-state index in [4.69, 9.17) is 4.74 Å². The van der Waals surface area contributed by atoms with Gasteiger partial charge >= 0.3 is 0 Å². The molecule has 1 atom stereocenters. The predicted octanol–water partition coefficient (Wildman–Crippen LogP) is 4.48. The van der Waals surface area contributed by atoms with Gasteiger partial charge in [-0.3, -0.25) is 9.59 Å². The normalized spacial score (nSPS) is 11.6. The van der Waals surface area contributed by atoms with Gasteiger partial charge in [0.1, 0.15) is 11.8 Å². The molecule has 0 heterocycles. The van der Waals surface area contributed by atoms with E-state index in [1.165, 1.54) is 0 Å². The summed E-state index contributed by atoms with van der Waals surface area (Å²) < 4.78 is 5.22. The van der Waals surface area contributed by atoms with E-state index in [0.29, 0.717) is 19.5 Å². The molecule has 2 aromatic rings. The molecule has 0 aliphatic carbocycles. The van der Waals surface area contributed by atoms with Crippen LogP contribution in [0.4, 0.5) is 0 Å². The van der Waals surface area contributed by atoms with Crippen molar-refractivity contribution in [1.82, 2.24) is 10.2 Å². The van der Waals surface area contributed by atoms with Gasteiger partial charge in [0.25, 0.3) is 0 Å². The quantitative estimate of drug-likeness (QED) is 0.570. The fraction of sp³-hybridized carbons (Fsp3) is 0.417. The highest BCUT2D eigenvalue weighted by molar-refractivity contribution is 5.88. The topological polar surface area (TPSA) is 58.6 Å². The zero-order valence-electron chi connectivity index (χ0n) is 17.7. The molecule has 0 saturated heterocycles. The molecule has 2 amide bonds. The van der Waals surface area contributed by atoms with Crippen molar-refractivity contribution in [2.75, 3.05) is 13.7 Å². The monoisotopic (exact) mass is 396 g/mol. The van der Waals surface area contributed by atoms with E-state index in [0.717, 1.165) is 36.1 Å². The molecule has 0 fully saturated rings. The van der Waals surface area contributed by atoms with Gasteiger partial charge in [0.05, 0.1) is 7.11 Å². The fourth-order valence-corrected chi connectivity index (χ4v) is 3.25. The molecule has 156 valence electrons. The average molecular weight is 397 g/mol.